The van der Waals surface area contributed by atoms with Gasteiger partial charge in [-0.15, -0.1) is 0 Å². The third-order valence-electron chi connectivity index (χ3n) is 3.41. The number of hydrogen-bond donors (Lipinski definition) is 1. The zero-order valence-corrected chi connectivity index (χ0v) is 11.9. The van der Waals surface area contributed by atoms with E-state index in [2.05, 4.69) is 0 Å². The molecule has 3 heteroatoms. The molecular weight excluding hydrogens is 253 g/mol. The molecule has 1 N–H and O–H groups in total. The number of aliphatic hydroxyl groups is 1. The van der Waals surface area contributed by atoms with Crippen LogP contribution in [0.4, 0.5) is 15.8 Å². The van der Waals surface area contributed by atoms with Crippen molar-refractivity contribution in [1.29, 1.82) is 0 Å². The van der Waals surface area contributed by atoms with E-state index in [0.29, 0.717) is 13.0 Å². The molecule has 0 radical (unpaired) electrons. The molecule has 0 heterocycles. The predicted molar refractivity (Wildman–Crippen MR) is 80.8 cm³/mol. The van der Waals surface area contributed by atoms with Crippen molar-refractivity contribution in [3.05, 3.63) is 59.9 Å². The van der Waals surface area contributed by atoms with Crippen LogP contribution >= 0.6 is 0 Å². The second-order valence-corrected chi connectivity index (χ2v) is 4.71. The van der Waals surface area contributed by atoms with Gasteiger partial charge in [0.25, 0.3) is 0 Å². The van der Waals surface area contributed by atoms with E-state index in [0.717, 1.165) is 16.9 Å². The van der Waals surface area contributed by atoms with Crippen LogP contribution in [0.3, 0.4) is 0 Å². The fraction of sp³-hybridized carbons (Fsp3) is 0.294. The molecular formula is C17H20FNO. The highest BCUT2D eigenvalue weighted by Crippen LogP contribution is 2.33. The first kappa shape index (κ1) is 14.5. The average molecular weight is 273 g/mol. The highest BCUT2D eigenvalue weighted by atomic mass is 19.1. The molecule has 2 aromatic carbocycles. The Labute approximate surface area is 119 Å². The van der Waals surface area contributed by atoms with Crippen LogP contribution < -0.4 is 4.90 Å². The number of benzene rings is 2. The molecule has 2 aromatic rings. The van der Waals surface area contributed by atoms with E-state index >= 15 is 0 Å². The van der Waals surface area contributed by atoms with E-state index < -0.39 is 6.10 Å². The van der Waals surface area contributed by atoms with E-state index in [1.165, 1.54) is 12.1 Å². The van der Waals surface area contributed by atoms with Crippen molar-refractivity contribution < 1.29 is 9.50 Å². The first-order chi connectivity index (χ1) is 9.67. The molecule has 2 rings (SSSR count). The zero-order valence-electron chi connectivity index (χ0n) is 11.9. The molecule has 0 aliphatic carbocycles. The van der Waals surface area contributed by atoms with E-state index in [1.807, 2.05) is 49.1 Å². The van der Waals surface area contributed by atoms with Crippen LogP contribution in [0.25, 0.3) is 0 Å². The summed E-state index contributed by atoms with van der Waals surface area (Å²) in [5.41, 5.74) is 2.60. The predicted octanol–water partition coefficient (Wildman–Crippen LogP) is 4.43. The van der Waals surface area contributed by atoms with Gasteiger partial charge in [-0.1, -0.05) is 31.2 Å². The molecule has 0 unspecified atom stereocenters. The Balaban J connectivity index is 2.47. The highest BCUT2D eigenvalue weighted by Gasteiger charge is 2.16. The number of anilines is 2. The Bertz CT molecular complexity index is 570. The maximum atomic E-state index is 13.4. The molecule has 2 nitrogen and oxygen atoms in total. The molecule has 0 aromatic heterocycles. The molecule has 1 atom stereocenters. The van der Waals surface area contributed by atoms with Crippen molar-refractivity contribution in [2.24, 2.45) is 0 Å². The van der Waals surface area contributed by atoms with Crippen LogP contribution in [0.2, 0.25) is 0 Å². The zero-order chi connectivity index (χ0) is 14.5. The van der Waals surface area contributed by atoms with Crippen LogP contribution in [0.5, 0.6) is 0 Å². The highest BCUT2D eigenvalue weighted by molar-refractivity contribution is 5.66. The second-order valence-electron chi connectivity index (χ2n) is 4.71. The Morgan fingerprint density at radius 1 is 1.10 bits per heavy atom. The van der Waals surface area contributed by atoms with Gasteiger partial charge in [0.2, 0.25) is 0 Å². The van der Waals surface area contributed by atoms with Gasteiger partial charge in [-0.25, -0.2) is 4.39 Å². The summed E-state index contributed by atoms with van der Waals surface area (Å²) < 4.78 is 13.4. The van der Waals surface area contributed by atoms with Gasteiger partial charge >= 0.3 is 0 Å². The van der Waals surface area contributed by atoms with Crippen LogP contribution in [0.15, 0.2) is 48.5 Å². The number of aliphatic hydroxyl groups excluding tert-OH is 1. The van der Waals surface area contributed by atoms with Crippen LogP contribution in [0.1, 0.15) is 31.9 Å². The smallest absolute Gasteiger partial charge is 0.125 e. The minimum Gasteiger partial charge on any atom is -0.388 e. The maximum Gasteiger partial charge on any atom is 0.125 e. The van der Waals surface area contributed by atoms with Crippen LogP contribution in [-0.2, 0) is 0 Å². The quantitative estimate of drug-likeness (QED) is 0.871. The monoisotopic (exact) mass is 273 g/mol. The lowest BCUT2D eigenvalue weighted by Gasteiger charge is -2.27. The number of halogens is 1. The third-order valence-corrected chi connectivity index (χ3v) is 3.41. The van der Waals surface area contributed by atoms with Crippen molar-refractivity contribution in [1.82, 2.24) is 0 Å². The maximum absolute atomic E-state index is 13.4. The number of rotatable bonds is 5. The van der Waals surface area contributed by atoms with Crippen molar-refractivity contribution >= 4 is 11.4 Å². The number of nitrogens with zero attached hydrogens (tertiary/aromatic N) is 1. The third kappa shape index (κ3) is 2.99. The lowest BCUT2D eigenvalue weighted by Crippen LogP contribution is -2.18. The Kier molecular flexibility index (Phi) is 4.74. The summed E-state index contributed by atoms with van der Waals surface area (Å²) in [5, 5.41) is 10.2. The Morgan fingerprint density at radius 2 is 1.85 bits per heavy atom. The van der Waals surface area contributed by atoms with Gasteiger partial charge < -0.3 is 10.0 Å². The topological polar surface area (TPSA) is 23.5 Å². The molecule has 20 heavy (non-hydrogen) atoms. The van der Waals surface area contributed by atoms with Crippen molar-refractivity contribution in [2.75, 3.05) is 11.4 Å². The molecule has 0 aliphatic heterocycles. The Morgan fingerprint density at radius 3 is 2.50 bits per heavy atom. The van der Waals surface area contributed by atoms with Gasteiger partial charge in [-0.2, -0.15) is 0 Å². The molecule has 0 spiro atoms. The van der Waals surface area contributed by atoms with Crippen LogP contribution in [0, 0.1) is 5.82 Å². The van der Waals surface area contributed by atoms with E-state index in [4.69, 9.17) is 0 Å². The van der Waals surface area contributed by atoms with Crippen molar-refractivity contribution in [3.63, 3.8) is 0 Å². The summed E-state index contributed by atoms with van der Waals surface area (Å²) in [5.74, 6) is -0.255. The molecule has 0 bridgehead atoms. The van der Waals surface area contributed by atoms with Crippen LogP contribution in [-0.4, -0.2) is 11.7 Å². The second kappa shape index (κ2) is 6.53. The number of hydrogen-bond acceptors (Lipinski definition) is 2. The minimum absolute atomic E-state index is 0.255. The largest absolute Gasteiger partial charge is 0.388 e. The fourth-order valence-electron chi connectivity index (χ4n) is 2.37. The summed E-state index contributed by atoms with van der Waals surface area (Å²) in [6.07, 6.45) is 0.145. The van der Waals surface area contributed by atoms with Gasteiger partial charge in [0.15, 0.2) is 0 Å². The lowest BCUT2D eigenvalue weighted by atomic mass is 10.0. The molecule has 106 valence electrons. The SMILES string of the molecule is CC[C@@H](O)c1ccccc1N(CC)c1cccc(F)c1. The first-order valence-electron chi connectivity index (χ1n) is 6.97. The lowest BCUT2D eigenvalue weighted by molar-refractivity contribution is 0.174. The summed E-state index contributed by atoms with van der Waals surface area (Å²) in [6.45, 7) is 4.66. The molecule has 0 aliphatic rings. The summed E-state index contributed by atoms with van der Waals surface area (Å²) in [4.78, 5) is 2.01. The van der Waals surface area contributed by atoms with Gasteiger partial charge in [0, 0.05) is 23.5 Å². The summed E-state index contributed by atoms with van der Waals surface area (Å²) >= 11 is 0. The molecule has 0 saturated carbocycles. The normalized spacial score (nSPS) is 12.2. The number of para-hydroxylation sites is 1. The minimum atomic E-state index is -0.506. The first-order valence-corrected chi connectivity index (χ1v) is 6.97. The summed E-state index contributed by atoms with van der Waals surface area (Å²) in [7, 11) is 0. The molecule has 0 amide bonds. The van der Waals surface area contributed by atoms with E-state index in [-0.39, 0.29) is 5.82 Å². The van der Waals surface area contributed by atoms with Gasteiger partial charge in [0.05, 0.1) is 6.10 Å². The summed E-state index contributed by atoms with van der Waals surface area (Å²) in [6, 6.07) is 14.3. The van der Waals surface area contributed by atoms with Crippen molar-refractivity contribution in [3.8, 4) is 0 Å². The van der Waals surface area contributed by atoms with Gasteiger partial charge in [-0.3, -0.25) is 0 Å². The average Bonchev–Trinajstić information content (AvgIpc) is 2.48. The van der Waals surface area contributed by atoms with Gasteiger partial charge in [-0.05, 0) is 37.6 Å². The molecule has 0 saturated heterocycles. The molecule has 0 fully saturated rings. The standard InChI is InChI=1S/C17H20FNO/c1-3-17(20)15-10-5-6-11-16(15)19(4-2)14-9-7-8-13(18)12-14/h5-12,17,20H,3-4H2,1-2H3/t17-/m1/s1. The van der Waals surface area contributed by atoms with E-state index in [1.54, 1.807) is 6.07 Å². The Hall–Kier alpha value is -1.87. The van der Waals surface area contributed by atoms with Gasteiger partial charge in [0.1, 0.15) is 5.82 Å². The fourth-order valence-corrected chi connectivity index (χ4v) is 2.37. The van der Waals surface area contributed by atoms with E-state index in [9.17, 15) is 9.50 Å². The van der Waals surface area contributed by atoms with Crippen molar-refractivity contribution in [2.45, 2.75) is 26.4 Å².